The molecule has 0 saturated heterocycles. The quantitative estimate of drug-likeness (QED) is 0.311. The molecule has 120 valence electrons. The number of aromatic nitrogens is 3. The van der Waals surface area contributed by atoms with Crippen molar-refractivity contribution in [1.29, 1.82) is 0 Å². The van der Waals surface area contributed by atoms with Crippen molar-refractivity contribution >= 4 is 30.1 Å². The van der Waals surface area contributed by atoms with E-state index in [0.717, 1.165) is 5.69 Å². The number of nitrogens with zero attached hydrogens (tertiary/aromatic N) is 4. The monoisotopic (exact) mass is 356 g/mol. The molecule has 0 saturated carbocycles. The summed E-state index contributed by atoms with van der Waals surface area (Å²) in [6.07, 6.45) is 0. The predicted molar refractivity (Wildman–Crippen MR) is 94.7 cm³/mol. The topological polar surface area (TPSA) is 57.9 Å². The standard InChI is InChI=1S/C16H12N4O2S2/c21-20(22)14-7-5-13(6-8-14)19-15(23)17-9-11-3-1-2-4-12(11)10-18(17)16(19)24/h1-8H,9-10H2. The van der Waals surface area contributed by atoms with Gasteiger partial charge in [0.25, 0.3) is 5.69 Å². The van der Waals surface area contributed by atoms with Gasteiger partial charge in [-0.05, 0) is 47.7 Å². The van der Waals surface area contributed by atoms with E-state index in [1.165, 1.54) is 23.3 Å². The minimum absolute atomic E-state index is 0.0419. The van der Waals surface area contributed by atoms with Gasteiger partial charge in [-0.2, -0.15) is 0 Å². The average molecular weight is 356 g/mol. The van der Waals surface area contributed by atoms with Crippen molar-refractivity contribution in [3.63, 3.8) is 0 Å². The molecule has 4 rings (SSSR count). The molecule has 0 atom stereocenters. The first kappa shape index (κ1) is 15.0. The summed E-state index contributed by atoms with van der Waals surface area (Å²) in [6.45, 7) is 1.33. The number of fused-ring (bicyclic) bond motifs is 2. The fraction of sp³-hybridized carbons (Fsp3) is 0.125. The van der Waals surface area contributed by atoms with Crippen LogP contribution in [0.3, 0.4) is 0 Å². The van der Waals surface area contributed by atoms with Crippen LogP contribution < -0.4 is 0 Å². The summed E-state index contributed by atoms with van der Waals surface area (Å²) in [5, 5.41) is 10.8. The van der Waals surface area contributed by atoms with Crippen LogP contribution in [0.15, 0.2) is 48.5 Å². The predicted octanol–water partition coefficient (Wildman–Crippen LogP) is 3.86. The van der Waals surface area contributed by atoms with E-state index >= 15 is 0 Å². The lowest BCUT2D eigenvalue weighted by molar-refractivity contribution is -0.384. The minimum atomic E-state index is -0.423. The molecule has 1 aliphatic rings. The van der Waals surface area contributed by atoms with Crippen molar-refractivity contribution in [2.24, 2.45) is 0 Å². The number of hydrogen-bond donors (Lipinski definition) is 0. The first-order chi connectivity index (χ1) is 11.6. The Balaban J connectivity index is 1.85. The van der Waals surface area contributed by atoms with Gasteiger partial charge in [0.15, 0.2) is 0 Å². The van der Waals surface area contributed by atoms with Crippen molar-refractivity contribution in [2.45, 2.75) is 13.1 Å². The summed E-state index contributed by atoms with van der Waals surface area (Å²) in [4.78, 5) is 10.4. The van der Waals surface area contributed by atoms with Crippen molar-refractivity contribution in [3.8, 4) is 5.69 Å². The number of benzene rings is 2. The normalized spacial score (nSPS) is 12.5. The fourth-order valence-corrected chi connectivity index (χ4v) is 3.73. The molecule has 3 aromatic rings. The Labute approximate surface area is 147 Å². The second-order valence-corrected chi connectivity index (χ2v) is 6.29. The van der Waals surface area contributed by atoms with Gasteiger partial charge in [0.05, 0.1) is 23.7 Å². The molecule has 0 aliphatic carbocycles. The molecular weight excluding hydrogens is 344 g/mol. The number of rotatable bonds is 2. The Morgan fingerprint density at radius 1 is 0.875 bits per heavy atom. The Hall–Kier alpha value is -2.58. The van der Waals surface area contributed by atoms with Crippen LogP contribution >= 0.6 is 24.4 Å². The van der Waals surface area contributed by atoms with E-state index < -0.39 is 4.92 Å². The van der Waals surface area contributed by atoms with E-state index in [0.29, 0.717) is 22.6 Å². The van der Waals surface area contributed by atoms with Gasteiger partial charge in [0, 0.05) is 12.1 Å². The second-order valence-electron chi connectivity index (χ2n) is 5.56. The van der Waals surface area contributed by atoms with Crippen LogP contribution in [0, 0.1) is 19.7 Å². The molecule has 0 radical (unpaired) electrons. The number of nitro benzene ring substituents is 1. The van der Waals surface area contributed by atoms with Crippen LogP contribution in [0.2, 0.25) is 0 Å². The maximum atomic E-state index is 10.8. The molecule has 6 nitrogen and oxygen atoms in total. The number of nitro groups is 1. The lowest BCUT2D eigenvalue weighted by Crippen LogP contribution is -2.21. The zero-order valence-corrected chi connectivity index (χ0v) is 14.1. The van der Waals surface area contributed by atoms with Crippen LogP contribution in [0.4, 0.5) is 5.69 Å². The molecule has 0 bridgehead atoms. The van der Waals surface area contributed by atoms with E-state index in [-0.39, 0.29) is 5.69 Å². The zero-order chi connectivity index (χ0) is 16.8. The van der Waals surface area contributed by atoms with Gasteiger partial charge in [-0.25, -0.2) is 0 Å². The summed E-state index contributed by atoms with van der Waals surface area (Å²) in [5.74, 6) is 0. The number of hydrogen-bond acceptors (Lipinski definition) is 4. The molecule has 1 aliphatic heterocycles. The lowest BCUT2D eigenvalue weighted by atomic mass is 10.1. The second kappa shape index (κ2) is 5.50. The van der Waals surface area contributed by atoms with E-state index in [9.17, 15) is 10.1 Å². The third kappa shape index (κ3) is 2.22. The maximum Gasteiger partial charge on any atom is 0.269 e. The molecule has 0 unspecified atom stereocenters. The van der Waals surface area contributed by atoms with Gasteiger partial charge in [-0.15, -0.1) is 0 Å². The summed E-state index contributed by atoms with van der Waals surface area (Å²) in [6, 6.07) is 14.5. The van der Waals surface area contributed by atoms with E-state index in [4.69, 9.17) is 24.4 Å². The summed E-state index contributed by atoms with van der Waals surface area (Å²) in [7, 11) is 0. The molecule has 0 amide bonds. The van der Waals surface area contributed by atoms with Crippen LogP contribution in [0.5, 0.6) is 0 Å². The summed E-state index contributed by atoms with van der Waals surface area (Å²) >= 11 is 11.2. The summed E-state index contributed by atoms with van der Waals surface area (Å²) < 4.78 is 6.90. The fourth-order valence-electron chi connectivity index (χ4n) is 2.96. The molecule has 0 N–H and O–H groups in total. The van der Waals surface area contributed by atoms with Crippen LogP contribution in [-0.2, 0) is 13.1 Å². The molecule has 0 fully saturated rings. The minimum Gasteiger partial charge on any atom is -0.261 e. The molecule has 2 aromatic carbocycles. The first-order valence-electron chi connectivity index (χ1n) is 7.30. The van der Waals surface area contributed by atoms with Gasteiger partial charge in [0.2, 0.25) is 9.54 Å². The average Bonchev–Trinajstić information content (AvgIpc) is 2.84. The van der Waals surface area contributed by atoms with Crippen molar-refractivity contribution in [3.05, 3.63) is 79.3 Å². The molecule has 8 heteroatoms. The third-order valence-electron chi connectivity index (χ3n) is 4.19. The van der Waals surface area contributed by atoms with Crippen LogP contribution in [-0.4, -0.2) is 18.9 Å². The lowest BCUT2D eigenvalue weighted by Gasteiger charge is -2.20. The molecule has 1 aromatic heterocycles. The van der Waals surface area contributed by atoms with Gasteiger partial charge in [-0.1, -0.05) is 24.3 Å². The molecule has 2 heterocycles. The van der Waals surface area contributed by atoms with Gasteiger partial charge >= 0.3 is 0 Å². The van der Waals surface area contributed by atoms with Crippen molar-refractivity contribution in [2.75, 3.05) is 0 Å². The molecule has 24 heavy (non-hydrogen) atoms. The van der Waals surface area contributed by atoms with E-state index in [2.05, 4.69) is 12.1 Å². The smallest absolute Gasteiger partial charge is 0.261 e. The van der Waals surface area contributed by atoms with Gasteiger partial charge in [-0.3, -0.25) is 24.0 Å². The highest BCUT2D eigenvalue weighted by atomic mass is 32.1. The maximum absolute atomic E-state index is 10.8. The largest absolute Gasteiger partial charge is 0.269 e. The van der Waals surface area contributed by atoms with Crippen molar-refractivity contribution in [1.82, 2.24) is 13.9 Å². The summed E-state index contributed by atoms with van der Waals surface area (Å²) in [5.41, 5.74) is 3.23. The SMILES string of the molecule is O=[N+]([O-])c1ccc(-n2c(=S)n3n(c2=S)Cc2ccccc2C3)cc1. The zero-order valence-electron chi connectivity index (χ0n) is 12.5. The Morgan fingerprint density at radius 2 is 1.38 bits per heavy atom. The Bertz CT molecular complexity index is 1020. The van der Waals surface area contributed by atoms with Gasteiger partial charge in [0.1, 0.15) is 0 Å². The van der Waals surface area contributed by atoms with Crippen LogP contribution in [0.1, 0.15) is 11.1 Å². The molecular formula is C16H12N4O2S2. The Morgan fingerprint density at radius 3 is 1.83 bits per heavy atom. The van der Waals surface area contributed by atoms with E-state index in [1.807, 2.05) is 21.5 Å². The third-order valence-corrected chi connectivity index (χ3v) is 4.98. The van der Waals surface area contributed by atoms with Gasteiger partial charge < -0.3 is 0 Å². The Kier molecular flexibility index (Phi) is 3.43. The highest BCUT2D eigenvalue weighted by Gasteiger charge is 2.19. The molecule has 0 spiro atoms. The van der Waals surface area contributed by atoms with Crippen LogP contribution in [0.25, 0.3) is 5.69 Å². The highest BCUT2D eigenvalue weighted by Crippen LogP contribution is 2.22. The number of non-ortho nitro benzene ring substituents is 1. The first-order valence-corrected chi connectivity index (χ1v) is 8.12. The highest BCUT2D eigenvalue weighted by molar-refractivity contribution is 7.72. The van der Waals surface area contributed by atoms with E-state index in [1.54, 1.807) is 16.7 Å². The van der Waals surface area contributed by atoms with Crippen molar-refractivity contribution < 1.29 is 4.92 Å².